The van der Waals surface area contributed by atoms with Gasteiger partial charge in [-0.15, -0.1) is 5.10 Å². The molecule has 0 amide bonds. The van der Waals surface area contributed by atoms with Crippen LogP contribution >= 0.6 is 11.6 Å². The molecule has 0 aliphatic rings. The van der Waals surface area contributed by atoms with Crippen molar-refractivity contribution < 1.29 is 4.39 Å². The third-order valence-corrected chi connectivity index (χ3v) is 2.27. The first-order valence-corrected chi connectivity index (χ1v) is 5.02. The van der Waals surface area contributed by atoms with E-state index in [9.17, 15) is 4.39 Å². The predicted molar refractivity (Wildman–Crippen MR) is 61.4 cm³/mol. The number of anilines is 2. The molecule has 1 aromatic carbocycles. The summed E-state index contributed by atoms with van der Waals surface area (Å²) in [7, 11) is 0. The van der Waals surface area contributed by atoms with Crippen molar-refractivity contribution in [3.63, 3.8) is 0 Å². The third kappa shape index (κ3) is 2.68. The van der Waals surface area contributed by atoms with Gasteiger partial charge in [-0.1, -0.05) is 11.6 Å². The van der Waals surface area contributed by atoms with Crippen molar-refractivity contribution in [1.82, 2.24) is 10.2 Å². The molecule has 1 aromatic heterocycles. The number of nitriles is 1. The van der Waals surface area contributed by atoms with Gasteiger partial charge < -0.3 is 5.32 Å². The first kappa shape index (κ1) is 11.3. The number of hydrogen-bond acceptors (Lipinski definition) is 4. The second-order valence-electron chi connectivity index (χ2n) is 3.20. The zero-order valence-electron chi connectivity index (χ0n) is 8.48. The van der Waals surface area contributed by atoms with Gasteiger partial charge in [0.2, 0.25) is 0 Å². The van der Waals surface area contributed by atoms with E-state index in [4.69, 9.17) is 16.9 Å². The minimum absolute atomic E-state index is 0.0133. The number of benzene rings is 1. The van der Waals surface area contributed by atoms with E-state index < -0.39 is 5.82 Å². The van der Waals surface area contributed by atoms with Crippen LogP contribution < -0.4 is 5.32 Å². The molecule has 0 aliphatic heterocycles. The molecule has 0 saturated carbocycles. The van der Waals surface area contributed by atoms with Crippen molar-refractivity contribution >= 4 is 23.1 Å². The third-order valence-electron chi connectivity index (χ3n) is 1.98. The van der Waals surface area contributed by atoms with E-state index in [0.29, 0.717) is 17.1 Å². The number of nitrogens with one attached hydrogen (secondary N) is 1. The van der Waals surface area contributed by atoms with E-state index in [1.54, 1.807) is 0 Å². The van der Waals surface area contributed by atoms with Crippen LogP contribution in [0.2, 0.25) is 5.02 Å². The maximum atomic E-state index is 12.9. The highest BCUT2D eigenvalue weighted by Crippen LogP contribution is 2.21. The van der Waals surface area contributed by atoms with Crippen LogP contribution in [0.15, 0.2) is 30.5 Å². The van der Waals surface area contributed by atoms with Gasteiger partial charge in [0.25, 0.3) is 0 Å². The Labute approximate surface area is 102 Å². The van der Waals surface area contributed by atoms with Crippen LogP contribution in [0, 0.1) is 17.1 Å². The molecule has 4 nitrogen and oxygen atoms in total. The summed E-state index contributed by atoms with van der Waals surface area (Å²) in [5.74, 6) is -0.0965. The fourth-order valence-corrected chi connectivity index (χ4v) is 1.39. The van der Waals surface area contributed by atoms with Crippen molar-refractivity contribution in [2.45, 2.75) is 0 Å². The monoisotopic (exact) mass is 248 g/mol. The van der Waals surface area contributed by atoms with Crippen LogP contribution in [0.3, 0.4) is 0 Å². The molecule has 0 bridgehead atoms. The summed E-state index contributed by atoms with van der Waals surface area (Å²) in [6, 6.07) is 7.66. The topological polar surface area (TPSA) is 61.6 Å². The fraction of sp³-hybridized carbons (Fsp3) is 0. The molecule has 84 valence electrons. The molecule has 0 aliphatic carbocycles. The van der Waals surface area contributed by atoms with Crippen molar-refractivity contribution in [2.24, 2.45) is 0 Å². The van der Waals surface area contributed by atoms with Gasteiger partial charge in [-0.2, -0.15) is 10.4 Å². The van der Waals surface area contributed by atoms with Gasteiger partial charge in [-0.05, 0) is 18.2 Å². The molecule has 6 heteroatoms. The van der Waals surface area contributed by atoms with Gasteiger partial charge in [0.05, 0.1) is 16.8 Å². The van der Waals surface area contributed by atoms with Gasteiger partial charge in [0.15, 0.2) is 5.82 Å². The summed E-state index contributed by atoms with van der Waals surface area (Å²) in [4.78, 5) is 0. The Morgan fingerprint density at radius 2 is 2.18 bits per heavy atom. The Kier molecular flexibility index (Phi) is 3.17. The summed E-state index contributed by atoms with van der Waals surface area (Å²) in [5.41, 5.74) is 0.955. The highest BCUT2D eigenvalue weighted by atomic mass is 35.5. The normalized spacial score (nSPS) is 9.71. The minimum Gasteiger partial charge on any atom is -0.339 e. The van der Waals surface area contributed by atoms with Gasteiger partial charge in [-0.3, -0.25) is 0 Å². The molecule has 0 atom stereocenters. The van der Waals surface area contributed by atoms with Crippen molar-refractivity contribution in [3.8, 4) is 6.07 Å². The van der Waals surface area contributed by atoms with Crippen LogP contribution in [-0.2, 0) is 0 Å². The average molecular weight is 249 g/mol. The number of halogens is 2. The van der Waals surface area contributed by atoms with Gasteiger partial charge in [0.1, 0.15) is 11.9 Å². The lowest BCUT2D eigenvalue weighted by Gasteiger charge is -2.05. The van der Waals surface area contributed by atoms with Crippen molar-refractivity contribution in [1.29, 1.82) is 5.26 Å². The first-order chi connectivity index (χ1) is 8.19. The zero-order chi connectivity index (χ0) is 12.3. The molecule has 0 saturated heterocycles. The molecular weight excluding hydrogens is 243 g/mol. The second-order valence-corrected chi connectivity index (χ2v) is 3.60. The number of aromatic nitrogens is 2. The highest BCUT2D eigenvalue weighted by Gasteiger charge is 2.02. The van der Waals surface area contributed by atoms with Crippen molar-refractivity contribution in [2.75, 3.05) is 5.32 Å². The molecule has 1 heterocycles. The van der Waals surface area contributed by atoms with Gasteiger partial charge >= 0.3 is 0 Å². The standard InChI is InChI=1S/C11H6ClFN4/c12-9-4-8(1-2-10(9)13)16-11-3-7(5-14)6-15-17-11/h1-4,6H,(H,16,17). The Morgan fingerprint density at radius 1 is 1.35 bits per heavy atom. The molecule has 2 aromatic rings. The van der Waals surface area contributed by atoms with E-state index in [-0.39, 0.29) is 5.02 Å². The van der Waals surface area contributed by atoms with E-state index >= 15 is 0 Å². The van der Waals surface area contributed by atoms with E-state index in [0.717, 1.165) is 0 Å². The SMILES string of the molecule is N#Cc1cnnc(Nc2ccc(F)c(Cl)c2)c1. The molecule has 0 fully saturated rings. The lowest BCUT2D eigenvalue weighted by molar-refractivity contribution is 0.628. The number of hydrogen-bond donors (Lipinski definition) is 1. The predicted octanol–water partition coefficient (Wildman–Crippen LogP) is 2.88. The van der Waals surface area contributed by atoms with Crippen LogP contribution in [-0.4, -0.2) is 10.2 Å². The Hall–Kier alpha value is -2.19. The lowest BCUT2D eigenvalue weighted by atomic mass is 10.3. The summed E-state index contributed by atoms with van der Waals surface area (Å²) in [5, 5.41) is 19.0. The summed E-state index contributed by atoms with van der Waals surface area (Å²) >= 11 is 5.64. The van der Waals surface area contributed by atoms with E-state index in [1.807, 2.05) is 6.07 Å². The average Bonchev–Trinajstić information content (AvgIpc) is 2.34. The van der Waals surface area contributed by atoms with Crippen LogP contribution in [0.1, 0.15) is 5.56 Å². The quantitative estimate of drug-likeness (QED) is 0.888. The van der Waals surface area contributed by atoms with Gasteiger partial charge in [0, 0.05) is 11.8 Å². The zero-order valence-corrected chi connectivity index (χ0v) is 9.24. The Balaban J connectivity index is 2.25. The summed E-state index contributed by atoms with van der Waals surface area (Å²) in [6.07, 6.45) is 1.35. The first-order valence-electron chi connectivity index (χ1n) is 4.64. The smallest absolute Gasteiger partial charge is 0.154 e. The van der Waals surface area contributed by atoms with Crippen LogP contribution in [0.25, 0.3) is 0 Å². The largest absolute Gasteiger partial charge is 0.339 e. The molecule has 17 heavy (non-hydrogen) atoms. The number of nitrogens with zero attached hydrogens (tertiary/aromatic N) is 3. The van der Waals surface area contributed by atoms with E-state index in [1.165, 1.54) is 30.5 Å². The Bertz CT molecular complexity index is 594. The van der Waals surface area contributed by atoms with Crippen LogP contribution in [0.5, 0.6) is 0 Å². The fourth-order valence-electron chi connectivity index (χ4n) is 1.21. The van der Waals surface area contributed by atoms with Gasteiger partial charge in [-0.25, -0.2) is 4.39 Å². The molecule has 0 spiro atoms. The summed E-state index contributed by atoms with van der Waals surface area (Å²) in [6.45, 7) is 0. The van der Waals surface area contributed by atoms with Crippen LogP contribution in [0.4, 0.5) is 15.9 Å². The molecular formula is C11H6ClFN4. The molecule has 1 N–H and O–H groups in total. The lowest BCUT2D eigenvalue weighted by Crippen LogP contribution is -1.96. The van der Waals surface area contributed by atoms with Crippen molar-refractivity contribution in [3.05, 3.63) is 46.9 Å². The minimum atomic E-state index is -0.492. The maximum absolute atomic E-state index is 12.9. The van der Waals surface area contributed by atoms with E-state index in [2.05, 4.69) is 15.5 Å². The second kappa shape index (κ2) is 4.76. The molecule has 0 radical (unpaired) electrons. The highest BCUT2D eigenvalue weighted by molar-refractivity contribution is 6.31. The molecule has 0 unspecified atom stereocenters. The summed E-state index contributed by atoms with van der Waals surface area (Å²) < 4.78 is 12.9. The Morgan fingerprint density at radius 3 is 2.88 bits per heavy atom. The maximum Gasteiger partial charge on any atom is 0.154 e. The number of rotatable bonds is 2. The molecule has 2 rings (SSSR count).